The quantitative estimate of drug-likeness (QED) is 0.738. The van der Waals surface area contributed by atoms with Crippen molar-refractivity contribution in [1.29, 1.82) is 0 Å². The van der Waals surface area contributed by atoms with Gasteiger partial charge in [-0.15, -0.1) is 0 Å². The number of hydrogen-bond acceptors (Lipinski definition) is 3. The average Bonchev–Trinajstić information content (AvgIpc) is 2.15. The lowest BCUT2D eigenvalue weighted by atomic mass is 10.0. The van der Waals surface area contributed by atoms with Crippen LogP contribution in [0.3, 0.4) is 0 Å². The molecule has 0 bridgehead atoms. The van der Waals surface area contributed by atoms with Crippen LogP contribution in [0.2, 0.25) is 0 Å². The highest BCUT2D eigenvalue weighted by Gasteiger charge is 2.29. The highest BCUT2D eigenvalue weighted by Crippen LogP contribution is 2.15. The van der Waals surface area contributed by atoms with Gasteiger partial charge < -0.3 is 5.32 Å². The molecule has 0 aliphatic carbocycles. The predicted octanol–water partition coefficient (Wildman–Crippen LogP) is 0.620. The monoisotopic (exact) mass is 211 g/mol. The van der Waals surface area contributed by atoms with Gasteiger partial charge >= 0.3 is 0 Å². The Morgan fingerprint density at radius 2 is 1.60 bits per heavy atom. The van der Waals surface area contributed by atoms with Crippen LogP contribution in [0.25, 0.3) is 0 Å². The van der Waals surface area contributed by atoms with Crippen LogP contribution in [0.4, 0.5) is 0 Å². The summed E-state index contributed by atoms with van der Waals surface area (Å²) >= 11 is 0. The smallest absolute Gasteiger partial charge is 0.0346 e. The summed E-state index contributed by atoms with van der Waals surface area (Å²) in [7, 11) is 0. The maximum absolute atomic E-state index is 3.36. The van der Waals surface area contributed by atoms with E-state index >= 15 is 0 Å². The summed E-state index contributed by atoms with van der Waals surface area (Å²) in [4.78, 5) is 5.30. The van der Waals surface area contributed by atoms with Gasteiger partial charge in [0.05, 0.1) is 0 Å². The van der Waals surface area contributed by atoms with E-state index < -0.39 is 0 Å². The van der Waals surface area contributed by atoms with Crippen LogP contribution >= 0.6 is 0 Å². The molecule has 0 aromatic heterocycles. The first kappa shape index (κ1) is 11.4. The van der Waals surface area contributed by atoms with Crippen LogP contribution in [-0.4, -0.2) is 61.2 Å². The van der Waals surface area contributed by atoms with Gasteiger partial charge in [0.15, 0.2) is 0 Å². The third-order valence-electron chi connectivity index (χ3n) is 4.17. The first-order valence-corrected chi connectivity index (χ1v) is 6.37. The highest BCUT2D eigenvalue weighted by molar-refractivity contribution is 4.88. The Morgan fingerprint density at radius 3 is 2.00 bits per heavy atom. The molecule has 2 aliphatic rings. The highest BCUT2D eigenvalue weighted by atomic mass is 15.3. The van der Waals surface area contributed by atoms with E-state index in [9.17, 15) is 0 Å². The van der Waals surface area contributed by atoms with Gasteiger partial charge in [-0.05, 0) is 12.8 Å². The fourth-order valence-electron chi connectivity index (χ4n) is 2.46. The van der Waals surface area contributed by atoms with E-state index in [1.54, 1.807) is 0 Å². The second-order valence-corrected chi connectivity index (χ2v) is 5.37. The first-order valence-electron chi connectivity index (χ1n) is 6.37. The fourth-order valence-corrected chi connectivity index (χ4v) is 2.46. The predicted molar refractivity (Wildman–Crippen MR) is 64.1 cm³/mol. The number of hydrogen-bond donors (Lipinski definition) is 1. The van der Waals surface area contributed by atoms with Gasteiger partial charge in [0, 0.05) is 51.4 Å². The first-order chi connectivity index (χ1) is 7.18. The van der Waals surface area contributed by atoms with Gasteiger partial charge in [0.1, 0.15) is 0 Å². The van der Waals surface area contributed by atoms with E-state index in [0.29, 0.717) is 0 Å². The molecule has 1 atom stereocenters. The SMILES string of the molecule is CC(C)C(C)N1CCN(C2CNC2)CC1. The van der Waals surface area contributed by atoms with Crippen LogP contribution in [0.15, 0.2) is 0 Å². The van der Waals surface area contributed by atoms with Gasteiger partial charge in [-0.3, -0.25) is 9.80 Å². The van der Waals surface area contributed by atoms with Crippen LogP contribution < -0.4 is 5.32 Å². The Balaban J connectivity index is 1.76. The van der Waals surface area contributed by atoms with Gasteiger partial charge in [-0.1, -0.05) is 13.8 Å². The number of nitrogens with zero attached hydrogens (tertiary/aromatic N) is 2. The van der Waals surface area contributed by atoms with Crippen molar-refractivity contribution >= 4 is 0 Å². The minimum absolute atomic E-state index is 0.742. The molecular weight excluding hydrogens is 186 g/mol. The zero-order chi connectivity index (χ0) is 10.8. The van der Waals surface area contributed by atoms with Crippen molar-refractivity contribution in [2.75, 3.05) is 39.3 Å². The molecule has 3 nitrogen and oxygen atoms in total. The molecule has 2 fully saturated rings. The van der Waals surface area contributed by atoms with Crippen LogP contribution in [0.1, 0.15) is 20.8 Å². The molecule has 0 saturated carbocycles. The maximum atomic E-state index is 3.36. The Bertz CT molecular complexity index is 193. The Morgan fingerprint density at radius 1 is 1.00 bits per heavy atom. The summed E-state index contributed by atoms with van der Waals surface area (Å²) in [5.41, 5.74) is 0. The third-order valence-corrected chi connectivity index (χ3v) is 4.17. The molecule has 3 heteroatoms. The molecule has 0 aromatic carbocycles. The largest absolute Gasteiger partial charge is 0.314 e. The van der Waals surface area contributed by atoms with Crippen LogP contribution in [0, 0.1) is 5.92 Å². The molecular formula is C12H25N3. The number of nitrogens with one attached hydrogen (secondary N) is 1. The van der Waals surface area contributed by atoms with Gasteiger partial charge in [0.25, 0.3) is 0 Å². The summed E-state index contributed by atoms with van der Waals surface area (Å²) in [5, 5.41) is 3.36. The topological polar surface area (TPSA) is 18.5 Å². The Labute approximate surface area is 93.8 Å². The summed E-state index contributed by atoms with van der Waals surface area (Å²) < 4.78 is 0. The second kappa shape index (κ2) is 4.81. The molecule has 15 heavy (non-hydrogen) atoms. The average molecular weight is 211 g/mol. The van der Waals surface area contributed by atoms with Crippen LogP contribution in [-0.2, 0) is 0 Å². The standard InChI is InChI=1S/C12H25N3/c1-10(2)11(3)14-4-6-15(7-5-14)12-8-13-9-12/h10-13H,4-9H2,1-3H3. The number of piperazine rings is 1. The van der Waals surface area contributed by atoms with E-state index in [2.05, 4.69) is 35.9 Å². The molecule has 0 amide bonds. The second-order valence-electron chi connectivity index (χ2n) is 5.37. The molecule has 2 aliphatic heterocycles. The van der Waals surface area contributed by atoms with Crippen molar-refractivity contribution in [1.82, 2.24) is 15.1 Å². The normalized spacial score (nSPS) is 28.0. The van der Waals surface area contributed by atoms with Crippen molar-refractivity contribution in [2.24, 2.45) is 5.92 Å². The van der Waals surface area contributed by atoms with Gasteiger partial charge in [-0.2, -0.15) is 0 Å². The Kier molecular flexibility index (Phi) is 3.65. The maximum Gasteiger partial charge on any atom is 0.0346 e. The fraction of sp³-hybridized carbons (Fsp3) is 1.00. The van der Waals surface area contributed by atoms with E-state index in [1.807, 2.05) is 0 Å². The molecule has 1 N–H and O–H groups in total. The zero-order valence-electron chi connectivity index (χ0n) is 10.4. The lowest BCUT2D eigenvalue weighted by Crippen LogP contribution is -2.62. The Hall–Kier alpha value is -0.120. The molecule has 2 heterocycles. The minimum Gasteiger partial charge on any atom is -0.314 e. The van der Waals surface area contributed by atoms with E-state index in [0.717, 1.165) is 18.0 Å². The molecule has 0 spiro atoms. The van der Waals surface area contributed by atoms with E-state index in [4.69, 9.17) is 0 Å². The summed E-state index contributed by atoms with van der Waals surface area (Å²) in [6, 6.07) is 1.58. The molecule has 0 radical (unpaired) electrons. The van der Waals surface area contributed by atoms with E-state index in [1.165, 1.54) is 39.3 Å². The summed E-state index contributed by atoms with van der Waals surface area (Å²) in [5.74, 6) is 0.780. The molecule has 2 saturated heterocycles. The van der Waals surface area contributed by atoms with Crippen molar-refractivity contribution < 1.29 is 0 Å². The van der Waals surface area contributed by atoms with Crippen molar-refractivity contribution in [3.63, 3.8) is 0 Å². The minimum atomic E-state index is 0.742. The lowest BCUT2D eigenvalue weighted by Gasteiger charge is -2.45. The molecule has 0 aromatic rings. The number of rotatable bonds is 3. The summed E-state index contributed by atoms with van der Waals surface area (Å²) in [6.07, 6.45) is 0. The van der Waals surface area contributed by atoms with Crippen molar-refractivity contribution in [2.45, 2.75) is 32.9 Å². The molecule has 2 rings (SSSR count). The van der Waals surface area contributed by atoms with Gasteiger partial charge in [0.2, 0.25) is 0 Å². The molecule has 88 valence electrons. The van der Waals surface area contributed by atoms with Gasteiger partial charge in [-0.25, -0.2) is 0 Å². The summed E-state index contributed by atoms with van der Waals surface area (Å²) in [6.45, 7) is 14.5. The zero-order valence-corrected chi connectivity index (χ0v) is 10.4. The van der Waals surface area contributed by atoms with Crippen molar-refractivity contribution in [3.8, 4) is 0 Å². The van der Waals surface area contributed by atoms with E-state index in [-0.39, 0.29) is 0 Å². The lowest BCUT2D eigenvalue weighted by molar-refractivity contribution is 0.0450. The third kappa shape index (κ3) is 2.52. The molecule has 1 unspecified atom stereocenters. The van der Waals surface area contributed by atoms with Crippen LogP contribution in [0.5, 0.6) is 0 Å². The van der Waals surface area contributed by atoms with Crippen molar-refractivity contribution in [3.05, 3.63) is 0 Å².